The Morgan fingerprint density at radius 1 is 1.03 bits per heavy atom. The second-order valence-corrected chi connectivity index (χ2v) is 8.57. The SMILES string of the molecule is CN=C(NCCC(=O)N1CCN(c2ccccn2)CC1)N1CCC(Cc2ccccc2)C1. The van der Waals surface area contributed by atoms with Crippen LogP contribution in [0.1, 0.15) is 18.4 Å². The Bertz CT molecular complexity index is 880. The van der Waals surface area contributed by atoms with Crippen molar-refractivity contribution < 1.29 is 4.79 Å². The number of carbonyl (C=O) groups is 1. The molecule has 1 aromatic heterocycles. The number of rotatable bonds is 6. The molecule has 1 aromatic carbocycles. The molecule has 32 heavy (non-hydrogen) atoms. The molecule has 2 fully saturated rings. The minimum atomic E-state index is 0.206. The van der Waals surface area contributed by atoms with Crippen molar-refractivity contribution in [1.29, 1.82) is 0 Å². The lowest BCUT2D eigenvalue weighted by atomic mass is 9.99. The van der Waals surface area contributed by atoms with Crippen molar-refractivity contribution in [2.45, 2.75) is 19.3 Å². The Kier molecular flexibility index (Phi) is 7.59. The number of nitrogens with one attached hydrogen (secondary N) is 1. The largest absolute Gasteiger partial charge is 0.356 e. The summed E-state index contributed by atoms with van der Waals surface area (Å²) in [6.07, 6.45) is 4.59. The van der Waals surface area contributed by atoms with Gasteiger partial charge in [0.15, 0.2) is 5.96 Å². The molecule has 2 aromatic rings. The summed E-state index contributed by atoms with van der Waals surface area (Å²) in [7, 11) is 1.82. The Labute approximate surface area is 191 Å². The molecule has 3 heterocycles. The van der Waals surface area contributed by atoms with Gasteiger partial charge in [-0.3, -0.25) is 9.79 Å². The molecule has 4 rings (SSSR count). The highest BCUT2D eigenvalue weighted by atomic mass is 16.2. The molecule has 1 unspecified atom stereocenters. The average Bonchev–Trinajstić information content (AvgIpc) is 3.31. The first-order chi connectivity index (χ1) is 15.7. The van der Waals surface area contributed by atoms with Crippen LogP contribution in [0.2, 0.25) is 0 Å². The number of aromatic nitrogens is 1. The van der Waals surface area contributed by atoms with Gasteiger partial charge >= 0.3 is 0 Å². The fraction of sp³-hybridized carbons (Fsp3) is 0.480. The number of benzene rings is 1. The van der Waals surface area contributed by atoms with Crippen molar-refractivity contribution in [3.63, 3.8) is 0 Å². The van der Waals surface area contributed by atoms with Crippen molar-refractivity contribution >= 4 is 17.7 Å². The van der Waals surface area contributed by atoms with Crippen LogP contribution in [-0.4, -0.2) is 79.5 Å². The van der Waals surface area contributed by atoms with Crippen LogP contribution < -0.4 is 10.2 Å². The van der Waals surface area contributed by atoms with Crippen LogP contribution in [-0.2, 0) is 11.2 Å². The van der Waals surface area contributed by atoms with Gasteiger partial charge in [-0.05, 0) is 36.5 Å². The van der Waals surface area contributed by atoms with Gasteiger partial charge in [0.2, 0.25) is 5.91 Å². The third kappa shape index (κ3) is 5.78. The van der Waals surface area contributed by atoms with Gasteiger partial charge in [-0.15, -0.1) is 0 Å². The molecular weight excluding hydrogens is 400 g/mol. The Balaban J connectivity index is 1.17. The quantitative estimate of drug-likeness (QED) is 0.558. The van der Waals surface area contributed by atoms with E-state index in [0.29, 0.717) is 18.9 Å². The van der Waals surface area contributed by atoms with Crippen LogP contribution in [0.4, 0.5) is 5.82 Å². The molecule has 0 bridgehead atoms. The summed E-state index contributed by atoms with van der Waals surface area (Å²) in [5, 5.41) is 3.41. The molecule has 0 aliphatic carbocycles. The molecule has 7 heteroatoms. The maximum absolute atomic E-state index is 12.7. The van der Waals surface area contributed by atoms with Crippen molar-refractivity contribution in [3.05, 3.63) is 60.3 Å². The van der Waals surface area contributed by atoms with Crippen LogP contribution in [0.25, 0.3) is 0 Å². The Morgan fingerprint density at radius 3 is 2.53 bits per heavy atom. The van der Waals surface area contributed by atoms with Gasteiger partial charge in [0, 0.05) is 65.5 Å². The highest BCUT2D eigenvalue weighted by Crippen LogP contribution is 2.21. The zero-order valence-electron chi connectivity index (χ0n) is 19.0. The topological polar surface area (TPSA) is 64.1 Å². The summed E-state index contributed by atoms with van der Waals surface area (Å²) < 4.78 is 0. The minimum Gasteiger partial charge on any atom is -0.356 e. The molecule has 1 atom stereocenters. The highest BCUT2D eigenvalue weighted by molar-refractivity contribution is 5.81. The number of aliphatic imine (C=N–C) groups is 1. The average molecular weight is 435 g/mol. The van der Waals surface area contributed by atoms with Gasteiger partial charge in [-0.25, -0.2) is 4.98 Å². The number of nitrogens with zero attached hydrogens (tertiary/aromatic N) is 5. The molecule has 0 radical (unpaired) electrons. The van der Waals surface area contributed by atoms with E-state index in [1.807, 2.05) is 36.3 Å². The lowest BCUT2D eigenvalue weighted by Crippen LogP contribution is -2.49. The number of pyridine rings is 1. The van der Waals surface area contributed by atoms with Crippen molar-refractivity contribution in [2.24, 2.45) is 10.9 Å². The van der Waals surface area contributed by atoms with Gasteiger partial charge < -0.3 is 20.0 Å². The van der Waals surface area contributed by atoms with Gasteiger partial charge in [0.25, 0.3) is 0 Å². The molecule has 7 nitrogen and oxygen atoms in total. The zero-order valence-corrected chi connectivity index (χ0v) is 19.0. The van der Waals surface area contributed by atoms with E-state index in [1.54, 1.807) is 0 Å². The van der Waals surface area contributed by atoms with E-state index in [-0.39, 0.29) is 5.91 Å². The number of likely N-dealkylation sites (tertiary alicyclic amines) is 1. The first-order valence-corrected chi connectivity index (χ1v) is 11.7. The fourth-order valence-corrected chi connectivity index (χ4v) is 4.64. The minimum absolute atomic E-state index is 0.206. The maximum Gasteiger partial charge on any atom is 0.224 e. The van der Waals surface area contributed by atoms with Crippen LogP contribution in [0, 0.1) is 5.92 Å². The predicted octanol–water partition coefficient (Wildman–Crippen LogP) is 2.26. The molecule has 1 amide bonds. The maximum atomic E-state index is 12.7. The number of anilines is 1. The third-order valence-electron chi connectivity index (χ3n) is 6.39. The molecule has 1 N–H and O–H groups in total. The number of amides is 1. The molecule has 2 saturated heterocycles. The summed E-state index contributed by atoms with van der Waals surface area (Å²) in [6, 6.07) is 16.6. The highest BCUT2D eigenvalue weighted by Gasteiger charge is 2.25. The van der Waals surface area contributed by atoms with Crippen LogP contribution in [0.15, 0.2) is 59.7 Å². The number of hydrogen-bond acceptors (Lipinski definition) is 4. The van der Waals surface area contributed by atoms with Crippen LogP contribution in [0.5, 0.6) is 0 Å². The lowest BCUT2D eigenvalue weighted by molar-refractivity contribution is -0.131. The van der Waals surface area contributed by atoms with E-state index in [1.165, 1.54) is 12.0 Å². The van der Waals surface area contributed by atoms with Crippen molar-refractivity contribution in [1.82, 2.24) is 20.1 Å². The third-order valence-corrected chi connectivity index (χ3v) is 6.39. The summed E-state index contributed by atoms with van der Waals surface area (Å²) in [5.74, 6) is 2.75. The zero-order chi connectivity index (χ0) is 22.2. The summed E-state index contributed by atoms with van der Waals surface area (Å²) >= 11 is 0. The molecule has 2 aliphatic rings. The molecule has 0 saturated carbocycles. The molecular formula is C25H34N6O. The van der Waals surface area contributed by atoms with Crippen molar-refractivity contribution in [3.8, 4) is 0 Å². The van der Waals surface area contributed by atoms with E-state index >= 15 is 0 Å². The fourth-order valence-electron chi connectivity index (χ4n) is 4.64. The lowest BCUT2D eigenvalue weighted by Gasteiger charge is -2.35. The molecule has 170 valence electrons. The second kappa shape index (κ2) is 11.0. The smallest absolute Gasteiger partial charge is 0.224 e. The van der Waals surface area contributed by atoms with Crippen molar-refractivity contribution in [2.75, 3.05) is 57.8 Å². The molecule has 2 aliphatic heterocycles. The van der Waals surface area contributed by atoms with Gasteiger partial charge in [-0.2, -0.15) is 0 Å². The number of guanidine groups is 1. The van der Waals surface area contributed by atoms with E-state index in [0.717, 1.165) is 57.5 Å². The van der Waals surface area contributed by atoms with E-state index in [9.17, 15) is 4.79 Å². The van der Waals surface area contributed by atoms with Gasteiger partial charge in [-0.1, -0.05) is 36.4 Å². The van der Waals surface area contributed by atoms with Gasteiger partial charge in [0.05, 0.1) is 0 Å². The van der Waals surface area contributed by atoms with E-state index in [2.05, 4.69) is 55.4 Å². The van der Waals surface area contributed by atoms with Crippen LogP contribution in [0.3, 0.4) is 0 Å². The second-order valence-electron chi connectivity index (χ2n) is 8.57. The summed E-state index contributed by atoms with van der Waals surface area (Å²) in [5.41, 5.74) is 1.40. The molecule has 0 spiro atoms. The normalized spacial score (nSPS) is 19.3. The number of piperazine rings is 1. The standard InChI is InChI=1S/C25H34N6O/c1-26-25(31-14-11-22(20-31)19-21-7-3-2-4-8-21)28-13-10-24(32)30-17-15-29(16-18-30)23-9-5-6-12-27-23/h2-9,12,22H,10-11,13-20H2,1H3,(H,26,28). The monoisotopic (exact) mass is 434 g/mol. The first kappa shape index (κ1) is 22.1. The summed E-state index contributed by atoms with van der Waals surface area (Å²) in [6.45, 7) is 5.79. The number of hydrogen-bond donors (Lipinski definition) is 1. The summed E-state index contributed by atoms with van der Waals surface area (Å²) in [4.78, 5) is 28.1. The Morgan fingerprint density at radius 2 is 1.81 bits per heavy atom. The predicted molar refractivity (Wildman–Crippen MR) is 129 cm³/mol. The number of carbonyl (C=O) groups excluding carboxylic acids is 1. The van der Waals surface area contributed by atoms with E-state index in [4.69, 9.17) is 0 Å². The first-order valence-electron chi connectivity index (χ1n) is 11.7. The van der Waals surface area contributed by atoms with E-state index < -0.39 is 0 Å². The van der Waals surface area contributed by atoms with Crippen LogP contribution >= 0.6 is 0 Å². The van der Waals surface area contributed by atoms with Gasteiger partial charge in [0.1, 0.15) is 5.82 Å². The Hall–Kier alpha value is -3.09.